The lowest BCUT2D eigenvalue weighted by molar-refractivity contribution is 0.0690. The third kappa shape index (κ3) is 3.16. The molecule has 0 bridgehead atoms. The molecular weight excluding hydrogens is 268 g/mol. The van der Waals surface area contributed by atoms with E-state index < -0.39 is 5.97 Å². The van der Waals surface area contributed by atoms with Crippen LogP contribution in [0.5, 0.6) is 0 Å². The zero-order chi connectivity index (χ0) is 14.8. The second-order valence-corrected chi connectivity index (χ2v) is 5.23. The van der Waals surface area contributed by atoms with Crippen LogP contribution in [0.1, 0.15) is 40.9 Å². The minimum absolute atomic E-state index is 0.0264. The molecule has 0 radical (unpaired) electrons. The number of carboxylic acids is 1. The molecule has 0 amide bonds. The van der Waals surface area contributed by atoms with Gasteiger partial charge < -0.3 is 10.4 Å². The van der Waals surface area contributed by atoms with Crippen molar-refractivity contribution < 1.29 is 9.90 Å². The summed E-state index contributed by atoms with van der Waals surface area (Å²) in [6, 6.07) is 6.75. The highest BCUT2D eigenvalue weighted by Gasteiger charge is 2.34. The number of rotatable bonds is 5. The van der Waals surface area contributed by atoms with Crippen molar-refractivity contribution in [3.05, 3.63) is 47.7 Å². The van der Waals surface area contributed by atoms with Crippen LogP contribution in [0.3, 0.4) is 0 Å². The molecule has 3 rings (SSSR count). The highest BCUT2D eigenvalue weighted by atomic mass is 16.4. The van der Waals surface area contributed by atoms with Gasteiger partial charge >= 0.3 is 5.97 Å². The smallest absolute Gasteiger partial charge is 0.354 e. The molecular formula is C15H16N4O2. The van der Waals surface area contributed by atoms with Crippen molar-refractivity contribution in [3.63, 3.8) is 0 Å². The molecule has 0 aromatic carbocycles. The first-order valence-electron chi connectivity index (χ1n) is 6.90. The molecule has 1 aliphatic rings. The number of aryl methyl sites for hydroxylation is 1. The number of carbonyl (C=O) groups is 1. The standard InChI is InChI=1S/C15H16N4O2/c1-9-7-8-16-14(17-9)13(10-5-6-10)19-12-4-2-3-11(18-12)15(20)21/h2-4,7-8,10,13H,5-6H2,1H3,(H,18,19)(H,20,21). The molecule has 1 aliphatic carbocycles. The van der Waals surface area contributed by atoms with Crippen molar-refractivity contribution in [1.82, 2.24) is 15.0 Å². The normalized spacial score (nSPS) is 15.5. The molecule has 21 heavy (non-hydrogen) atoms. The molecule has 1 saturated carbocycles. The van der Waals surface area contributed by atoms with Crippen molar-refractivity contribution in [3.8, 4) is 0 Å². The quantitative estimate of drug-likeness (QED) is 0.876. The Hall–Kier alpha value is -2.50. The average Bonchev–Trinajstić information content (AvgIpc) is 3.29. The van der Waals surface area contributed by atoms with E-state index in [9.17, 15) is 4.79 Å². The first-order valence-corrected chi connectivity index (χ1v) is 6.90. The van der Waals surface area contributed by atoms with Gasteiger partial charge in [-0.25, -0.2) is 19.7 Å². The van der Waals surface area contributed by atoms with E-state index in [2.05, 4.69) is 20.3 Å². The molecule has 6 heteroatoms. The summed E-state index contributed by atoms with van der Waals surface area (Å²) in [5.74, 6) is 0.715. The maximum Gasteiger partial charge on any atom is 0.354 e. The first-order chi connectivity index (χ1) is 10.1. The monoisotopic (exact) mass is 284 g/mol. The molecule has 0 spiro atoms. The van der Waals surface area contributed by atoms with Gasteiger partial charge in [0.1, 0.15) is 5.82 Å². The predicted octanol–water partition coefficient (Wildman–Crippen LogP) is 2.44. The topological polar surface area (TPSA) is 88.0 Å². The molecule has 108 valence electrons. The zero-order valence-corrected chi connectivity index (χ0v) is 11.7. The third-order valence-corrected chi connectivity index (χ3v) is 3.46. The van der Waals surface area contributed by atoms with E-state index in [4.69, 9.17) is 5.11 Å². The van der Waals surface area contributed by atoms with E-state index in [1.165, 1.54) is 6.07 Å². The molecule has 1 unspecified atom stereocenters. The van der Waals surface area contributed by atoms with Crippen LogP contribution in [0.25, 0.3) is 0 Å². The lowest BCUT2D eigenvalue weighted by Crippen LogP contribution is -2.17. The average molecular weight is 284 g/mol. The molecule has 2 aromatic rings. The Kier molecular flexibility index (Phi) is 3.51. The Morgan fingerprint density at radius 3 is 2.81 bits per heavy atom. The number of nitrogens with one attached hydrogen (secondary N) is 1. The summed E-state index contributed by atoms with van der Waals surface area (Å²) < 4.78 is 0. The Morgan fingerprint density at radius 1 is 1.33 bits per heavy atom. The van der Waals surface area contributed by atoms with E-state index in [0.29, 0.717) is 11.7 Å². The van der Waals surface area contributed by atoms with Gasteiger partial charge in [-0.1, -0.05) is 6.07 Å². The van der Waals surface area contributed by atoms with E-state index in [-0.39, 0.29) is 11.7 Å². The summed E-state index contributed by atoms with van der Waals surface area (Å²) in [4.78, 5) is 23.9. The second-order valence-electron chi connectivity index (χ2n) is 5.23. The first kappa shape index (κ1) is 13.5. The van der Waals surface area contributed by atoms with Gasteiger partial charge in [0.05, 0.1) is 6.04 Å². The Labute approximate surface area is 122 Å². The van der Waals surface area contributed by atoms with Crippen LogP contribution < -0.4 is 5.32 Å². The van der Waals surface area contributed by atoms with E-state index in [1.807, 2.05) is 13.0 Å². The fraction of sp³-hybridized carbons (Fsp3) is 0.333. The molecule has 2 N–H and O–H groups in total. The van der Waals surface area contributed by atoms with Gasteiger partial charge in [0.15, 0.2) is 11.5 Å². The van der Waals surface area contributed by atoms with Crippen molar-refractivity contribution in [2.24, 2.45) is 5.92 Å². The van der Waals surface area contributed by atoms with E-state index >= 15 is 0 Å². The highest BCUT2D eigenvalue weighted by Crippen LogP contribution is 2.41. The third-order valence-electron chi connectivity index (χ3n) is 3.46. The van der Waals surface area contributed by atoms with Crippen LogP contribution in [0.15, 0.2) is 30.5 Å². The molecule has 0 saturated heterocycles. The number of hydrogen-bond donors (Lipinski definition) is 2. The van der Waals surface area contributed by atoms with Gasteiger partial charge in [0.2, 0.25) is 0 Å². The Morgan fingerprint density at radius 2 is 2.14 bits per heavy atom. The lowest BCUT2D eigenvalue weighted by Gasteiger charge is -2.18. The van der Waals surface area contributed by atoms with Crippen LogP contribution in [0, 0.1) is 12.8 Å². The summed E-state index contributed by atoms with van der Waals surface area (Å²) in [6.07, 6.45) is 3.98. The number of hydrogen-bond acceptors (Lipinski definition) is 5. The number of pyridine rings is 1. The van der Waals surface area contributed by atoms with E-state index in [1.54, 1.807) is 18.3 Å². The van der Waals surface area contributed by atoms with Crippen LogP contribution in [0.4, 0.5) is 5.82 Å². The molecule has 2 aromatic heterocycles. The van der Waals surface area contributed by atoms with Crippen molar-refractivity contribution >= 4 is 11.8 Å². The number of anilines is 1. The van der Waals surface area contributed by atoms with Crippen LogP contribution in [-0.2, 0) is 0 Å². The van der Waals surface area contributed by atoms with Crippen molar-refractivity contribution in [2.45, 2.75) is 25.8 Å². The zero-order valence-electron chi connectivity index (χ0n) is 11.7. The van der Waals surface area contributed by atoms with Crippen LogP contribution in [0.2, 0.25) is 0 Å². The van der Waals surface area contributed by atoms with Crippen LogP contribution in [-0.4, -0.2) is 26.0 Å². The SMILES string of the molecule is Cc1ccnc(C(Nc2cccc(C(=O)O)n2)C2CC2)n1. The van der Waals surface area contributed by atoms with Crippen LogP contribution >= 0.6 is 0 Å². The van der Waals surface area contributed by atoms with Gasteiger partial charge in [-0.3, -0.25) is 0 Å². The molecule has 0 aliphatic heterocycles. The summed E-state index contributed by atoms with van der Waals surface area (Å²) in [7, 11) is 0. The van der Waals surface area contributed by atoms with E-state index in [0.717, 1.165) is 24.4 Å². The minimum atomic E-state index is -1.03. The largest absolute Gasteiger partial charge is 0.477 e. The Balaban J connectivity index is 1.86. The Bertz CT molecular complexity index is 670. The highest BCUT2D eigenvalue weighted by molar-refractivity contribution is 5.85. The maximum atomic E-state index is 11.0. The summed E-state index contributed by atoms with van der Waals surface area (Å²) in [5.41, 5.74) is 0.944. The lowest BCUT2D eigenvalue weighted by atomic mass is 10.1. The number of aromatic nitrogens is 3. The molecule has 1 atom stereocenters. The van der Waals surface area contributed by atoms with Gasteiger partial charge in [-0.05, 0) is 43.9 Å². The van der Waals surface area contributed by atoms with Crippen molar-refractivity contribution in [1.29, 1.82) is 0 Å². The van der Waals surface area contributed by atoms with Gasteiger partial charge in [0, 0.05) is 11.9 Å². The van der Waals surface area contributed by atoms with Gasteiger partial charge in [-0.2, -0.15) is 0 Å². The second kappa shape index (κ2) is 5.47. The fourth-order valence-electron chi connectivity index (χ4n) is 2.23. The minimum Gasteiger partial charge on any atom is -0.477 e. The predicted molar refractivity (Wildman–Crippen MR) is 77.1 cm³/mol. The number of carboxylic acid groups (broad SMARTS) is 1. The van der Waals surface area contributed by atoms with Crippen molar-refractivity contribution in [2.75, 3.05) is 5.32 Å². The number of aromatic carboxylic acids is 1. The molecule has 6 nitrogen and oxygen atoms in total. The maximum absolute atomic E-state index is 11.0. The fourth-order valence-corrected chi connectivity index (χ4v) is 2.23. The summed E-state index contributed by atoms with van der Waals surface area (Å²) in [6.45, 7) is 1.93. The molecule has 2 heterocycles. The number of nitrogens with zero attached hydrogens (tertiary/aromatic N) is 3. The van der Waals surface area contributed by atoms with Gasteiger partial charge in [-0.15, -0.1) is 0 Å². The summed E-state index contributed by atoms with van der Waals surface area (Å²) >= 11 is 0. The summed E-state index contributed by atoms with van der Waals surface area (Å²) in [5, 5.41) is 12.3. The van der Waals surface area contributed by atoms with Gasteiger partial charge in [0.25, 0.3) is 0 Å². The molecule has 1 fully saturated rings.